The van der Waals surface area contributed by atoms with Gasteiger partial charge < -0.3 is 10.6 Å². The Morgan fingerprint density at radius 2 is 1.87 bits per heavy atom. The van der Waals surface area contributed by atoms with Crippen molar-refractivity contribution in [3.05, 3.63) is 72.9 Å². The van der Waals surface area contributed by atoms with Gasteiger partial charge in [-0.25, -0.2) is 9.97 Å². The molecule has 0 atom stereocenters. The number of hydrogen-bond donors (Lipinski definition) is 3. The molecular weight excluding hydrogens is 412 g/mol. The zero-order valence-corrected chi connectivity index (χ0v) is 17.0. The first-order chi connectivity index (χ1) is 15.2. The number of para-hydroxylation sites is 1. The van der Waals surface area contributed by atoms with E-state index in [1.165, 1.54) is 0 Å². The Kier molecular flexibility index (Phi) is 4.93. The average Bonchev–Trinajstić information content (AvgIpc) is 3.27. The first kappa shape index (κ1) is 19.0. The molecule has 8 heteroatoms. The fourth-order valence-corrected chi connectivity index (χ4v) is 3.46. The molecule has 5 aromatic rings. The number of aromatic amines is 1. The van der Waals surface area contributed by atoms with E-state index in [2.05, 4.69) is 20.8 Å². The molecule has 5 rings (SSSR count). The van der Waals surface area contributed by atoms with Gasteiger partial charge in [-0.15, -0.1) is 11.6 Å². The van der Waals surface area contributed by atoms with E-state index in [1.54, 1.807) is 12.3 Å². The van der Waals surface area contributed by atoms with Crippen LogP contribution in [0.1, 0.15) is 0 Å². The van der Waals surface area contributed by atoms with Gasteiger partial charge in [-0.2, -0.15) is 5.10 Å². The summed E-state index contributed by atoms with van der Waals surface area (Å²) in [5.41, 5.74) is 4.10. The van der Waals surface area contributed by atoms with Crippen LogP contribution >= 0.6 is 11.6 Å². The molecule has 0 bridgehead atoms. The van der Waals surface area contributed by atoms with Gasteiger partial charge in [-0.3, -0.25) is 9.89 Å². The van der Waals surface area contributed by atoms with Crippen LogP contribution in [0.25, 0.3) is 33.2 Å². The molecule has 2 aromatic heterocycles. The second-order valence-electron chi connectivity index (χ2n) is 6.97. The zero-order chi connectivity index (χ0) is 21.2. The van der Waals surface area contributed by atoms with E-state index in [1.807, 2.05) is 60.7 Å². The molecule has 0 radical (unpaired) electrons. The normalized spacial score (nSPS) is 11.0. The van der Waals surface area contributed by atoms with Crippen molar-refractivity contribution in [1.29, 1.82) is 0 Å². The maximum Gasteiger partial charge on any atom is 0.239 e. The van der Waals surface area contributed by atoms with Gasteiger partial charge in [-0.1, -0.05) is 24.3 Å². The van der Waals surface area contributed by atoms with Crippen LogP contribution in [0.4, 0.5) is 17.2 Å². The molecular formula is C23H17ClN6O. The first-order valence-electron chi connectivity index (χ1n) is 9.63. The number of rotatable bonds is 5. The molecule has 0 aliphatic carbocycles. The summed E-state index contributed by atoms with van der Waals surface area (Å²) in [4.78, 5) is 21.2. The SMILES string of the molecule is O=C(CCl)Nc1cccc(-c2nc(Nc3ccc4[nH]ncc4c3)c3ccccc3n2)c1. The fraction of sp³-hybridized carbons (Fsp3) is 0.0435. The number of H-pyrrole nitrogens is 1. The number of nitrogens with zero attached hydrogens (tertiary/aromatic N) is 3. The number of hydrogen-bond acceptors (Lipinski definition) is 5. The molecule has 31 heavy (non-hydrogen) atoms. The predicted molar refractivity (Wildman–Crippen MR) is 124 cm³/mol. The molecule has 0 unspecified atom stereocenters. The summed E-state index contributed by atoms with van der Waals surface area (Å²) in [6.07, 6.45) is 1.78. The van der Waals surface area contributed by atoms with E-state index in [0.29, 0.717) is 17.3 Å². The van der Waals surface area contributed by atoms with Crippen molar-refractivity contribution in [3.8, 4) is 11.4 Å². The standard InChI is InChI=1S/C23H17ClN6O/c24-12-21(31)26-16-5-3-4-14(10-16)22-28-20-7-2-1-6-18(20)23(29-22)27-17-8-9-19-15(11-17)13-25-30-19/h1-11,13H,12H2,(H,25,30)(H,26,31)(H,27,28,29). The lowest BCUT2D eigenvalue weighted by molar-refractivity contribution is -0.113. The average molecular weight is 429 g/mol. The predicted octanol–water partition coefficient (Wildman–Crippen LogP) is 5.09. The van der Waals surface area contributed by atoms with Crippen molar-refractivity contribution in [2.75, 3.05) is 16.5 Å². The molecule has 7 nitrogen and oxygen atoms in total. The summed E-state index contributed by atoms with van der Waals surface area (Å²) in [5.74, 6) is 0.868. The Morgan fingerprint density at radius 3 is 2.77 bits per heavy atom. The van der Waals surface area contributed by atoms with E-state index in [-0.39, 0.29) is 11.8 Å². The number of halogens is 1. The van der Waals surface area contributed by atoms with Crippen LogP contribution in [0.5, 0.6) is 0 Å². The summed E-state index contributed by atoms with van der Waals surface area (Å²) in [6.45, 7) is 0. The van der Waals surface area contributed by atoms with E-state index in [4.69, 9.17) is 21.6 Å². The lowest BCUT2D eigenvalue weighted by Crippen LogP contribution is -2.12. The van der Waals surface area contributed by atoms with Crippen LogP contribution in [0.2, 0.25) is 0 Å². The summed E-state index contributed by atoms with van der Waals surface area (Å²) >= 11 is 5.60. The molecule has 3 N–H and O–H groups in total. The molecule has 2 heterocycles. The van der Waals surface area contributed by atoms with Gasteiger partial charge in [0, 0.05) is 27.7 Å². The summed E-state index contributed by atoms with van der Waals surface area (Å²) in [7, 11) is 0. The van der Waals surface area contributed by atoms with Gasteiger partial charge in [-0.05, 0) is 42.5 Å². The minimum absolute atomic E-state index is 0.105. The van der Waals surface area contributed by atoms with Gasteiger partial charge in [0.15, 0.2) is 5.82 Å². The van der Waals surface area contributed by atoms with Crippen molar-refractivity contribution < 1.29 is 4.79 Å². The van der Waals surface area contributed by atoms with Crippen LogP contribution in [0.3, 0.4) is 0 Å². The second-order valence-corrected chi connectivity index (χ2v) is 7.24. The highest BCUT2D eigenvalue weighted by Crippen LogP contribution is 2.29. The minimum atomic E-state index is -0.268. The Balaban J connectivity index is 1.57. The van der Waals surface area contributed by atoms with E-state index < -0.39 is 0 Å². The number of alkyl halides is 1. The van der Waals surface area contributed by atoms with Crippen molar-refractivity contribution >= 4 is 56.5 Å². The molecule has 0 aliphatic heterocycles. The fourth-order valence-electron chi connectivity index (χ4n) is 3.39. The largest absolute Gasteiger partial charge is 0.340 e. The molecule has 152 valence electrons. The van der Waals surface area contributed by atoms with Gasteiger partial charge in [0.1, 0.15) is 11.7 Å². The van der Waals surface area contributed by atoms with Crippen molar-refractivity contribution in [2.45, 2.75) is 0 Å². The van der Waals surface area contributed by atoms with Crippen molar-refractivity contribution in [1.82, 2.24) is 20.2 Å². The van der Waals surface area contributed by atoms with E-state index in [9.17, 15) is 4.79 Å². The number of benzene rings is 3. The number of amides is 1. The van der Waals surface area contributed by atoms with Crippen LogP contribution < -0.4 is 10.6 Å². The monoisotopic (exact) mass is 428 g/mol. The minimum Gasteiger partial charge on any atom is -0.340 e. The zero-order valence-electron chi connectivity index (χ0n) is 16.3. The summed E-state index contributed by atoms with van der Waals surface area (Å²) < 4.78 is 0. The van der Waals surface area contributed by atoms with Gasteiger partial charge >= 0.3 is 0 Å². The third-order valence-electron chi connectivity index (χ3n) is 4.83. The maximum absolute atomic E-state index is 11.6. The van der Waals surface area contributed by atoms with Gasteiger partial charge in [0.05, 0.1) is 17.2 Å². The highest BCUT2D eigenvalue weighted by molar-refractivity contribution is 6.29. The number of anilines is 3. The molecule has 0 spiro atoms. The van der Waals surface area contributed by atoms with Gasteiger partial charge in [0.25, 0.3) is 0 Å². The summed E-state index contributed by atoms with van der Waals surface area (Å²) in [6, 6.07) is 21.2. The first-order valence-corrected chi connectivity index (χ1v) is 10.2. The quantitative estimate of drug-likeness (QED) is 0.339. The van der Waals surface area contributed by atoms with Crippen LogP contribution in [0, 0.1) is 0 Å². The maximum atomic E-state index is 11.6. The highest BCUT2D eigenvalue weighted by atomic mass is 35.5. The molecule has 0 saturated carbocycles. The van der Waals surface area contributed by atoms with E-state index in [0.717, 1.165) is 33.1 Å². The van der Waals surface area contributed by atoms with Crippen molar-refractivity contribution in [3.63, 3.8) is 0 Å². The molecule has 3 aromatic carbocycles. The number of fused-ring (bicyclic) bond motifs is 2. The van der Waals surface area contributed by atoms with Crippen LogP contribution in [0.15, 0.2) is 72.9 Å². The number of aromatic nitrogens is 4. The highest BCUT2D eigenvalue weighted by Gasteiger charge is 2.11. The molecule has 1 amide bonds. The number of carbonyl (C=O) groups is 1. The van der Waals surface area contributed by atoms with Crippen LogP contribution in [-0.2, 0) is 4.79 Å². The summed E-state index contributed by atoms with van der Waals surface area (Å²) in [5, 5.41) is 15.1. The van der Waals surface area contributed by atoms with Gasteiger partial charge in [0.2, 0.25) is 5.91 Å². The molecule has 0 aliphatic rings. The lowest BCUT2D eigenvalue weighted by Gasteiger charge is -2.12. The Hall–Kier alpha value is -3.97. The van der Waals surface area contributed by atoms with E-state index >= 15 is 0 Å². The Labute approximate surface area is 182 Å². The third-order valence-corrected chi connectivity index (χ3v) is 5.07. The third kappa shape index (κ3) is 3.91. The Morgan fingerprint density at radius 1 is 0.968 bits per heavy atom. The Bertz CT molecular complexity index is 1410. The smallest absolute Gasteiger partial charge is 0.239 e. The van der Waals surface area contributed by atoms with Crippen LogP contribution in [-0.4, -0.2) is 32.0 Å². The number of carbonyl (C=O) groups excluding carboxylic acids is 1. The topological polar surface area (TPSA) is 95.6 Å². The second kappa shape index (κ2) is 8.04. The molecule has 0 fully saturated rings. The lowest BCUT2D eigenvalue weighted by atomic mass is 10.1. The number of nitrogens with one attached hydrogen (secondary N) is 3. The van der Waals surface area contributed by atoms with Crippen molar-refractivity contribution in [2.24, 2.45) is 0 Å². The molecule has 0 saturated heterocycles.